The summed E-state index contributed by atoms with van der Waals surface area (Å²) >= 11 is 5.31. The predicted octanol–water partition coefficient (Wildman–Crippen LogP) is 1.44. The first-order valence-electron chi connectivity index (χ1n) is 6.98. The summed E-state index contributed by atoms with van der Waals surface area (Å²) in [7, 11) is 1.91. The molecular weight excluding hydrogens is 286 g/mol. The van der Waals surface area contributed by atoms with Crippen molar-refractivity contribution < 1.29 is 5.11 Å². The number of aryl methyl sites for hydroxylation is 1. The first kappa shape index (κ1) is 14.1. The molecule has 7 heteroatoms. The van der Waals surface area contributed by atoms with Gasteiger partial charge >= 0.3 is 0 Å². The quantitative estimate of drug-likeness (QED) is 0.870. The Morgan fingerprint density at radius 3 is 2.38 bits per heavy atom. The molecule has 1 N–H and O–H groups in total. The van der Waals surface area contributed by atoms with Crippen molar-refractivity contribution >= 4 is 17.9 Å². The smallest absolute Gasteiger partial charge is 0.198 e. The lowest BCUT2D eigenvalue weighted by atomic mass is 10.2. The minimum absolute atomic E-state index is 0.307. The zero-order valence-electron chi connectivity index (χ0n) is 12.0. The average molecular weight is 305 g/mol. The zero-order chi connectivity index (χ0) is 14.8. The summed E-state index contributed by atoms with van der Waals surface area (Å²) in [5, 5.41) is 13.6. The fraction of sp³-hybridized carbons (Fsp3) is 0.429. The number of phenols is 1. The predicted molar refractivity (Wildman–Crippen MR) is 83.9 cm³/mol. The Bertz CT molecular complexity index is 655. The van der Waals surface area contributed by atoms with Crippen LogP contribution in [0.4, 0.5) is 5.69 Å². The van der Waals surface area contributed by atoms with Gasteiger partial charge < -0.3 is 14.6 Å². The fourth-order valence-corrected chi connectivity index (χ4v) is 2.67. The Hall–Kier alpha value is -1.86. The van der Waals surface area contributed by atoms with Crippen LogP contribution in [0, 0.1) is 4.77 Å². The first-order chi connectivity index (χ1) is 10.1. The van der Waals surface area contributed by atoms with Crippen molar-refractivity contribution in [2.75, 3.05) is 31.1 Å². The number of aromatic nitrogens is 3. The average Bonchev–Trinajstić information content (AvgIpc) is 2.81. The van der Waals surface area contributed by atoms with Crippen LogP contribution < -0.4 is 4.90 Å². The van der Waals surface area contributed by atoms with Gasteiger partial charge in [0.2, 0.25) is 0 Å². The maximum absolute atomic E-state index is 9.34. The van der Waals surface area contributed by atoms with E-state index in [2.05, 4.69) is 14.9 Å². The van der Waals surface area contributed by atoms with Gasteiger partial charge in [-0.15, -0.1) is 0 Å². The number of nitrogens with zero attached hydrogens (tertiary/aromatic N) is 5. The van der Waals surface area contributed by atoms with Crippen LogP contribution in [0.5, 0.6) is 5.75 Å². The van der Waals surface area contributed by atoms with Crippen molar-refractivity contribution in [3.63, 3.8) is 0 Å². The van der Waals surface area contributed by atoms with Crippen LogP contribution in [-0.4, -0.2) is 50.5 Å². The van der Waals surface area contributed by atoms with Gasteiger partial charge in [0.05, 0.1) is 6.67 Å². The maximum Gasteiger partial charge on any atom is 0.198 e. The number of rotatable bonds is 3. The second-order valence-electron chi connectivity index (χ2n) is 5.29. The van der Waals surface area contributed by atoms with Gasteiger partial charge in [-0.25, -0.2) is 4.68 Å². The van der Waals surface area contributed by atoms with E-state index in [0.717, 1.165) is 43.3 Å². The van der Waals surface area contributed by atoms with Crippen LogP contribution in [0.3, 0.4) is 0 Å². The van der Waals surface area contributed by atoms with Crippen LogP contribution in [0.25, 0.3) is 0 Å². The molecule has 0 unspecified atom stereocenters. The van der Waals surface area contributed by atoms with E-state index in [4.69, 9.17) is 12.2 Å². The summed E-state index contributed by atoms with van der Waals surface area (Å²) < 4.78 is 4.45. The minimum atomic E-state index is 0.307. The van der Waals surface area contributed by atoms with Gasteiger partial charge in [-0.2, -0.15) is 5.10 Å². The Balaban J connectivity index is 1.59. The topological polar surface area (TPSA) is 49.5 Å². The van der Waals surface area contributed by atoms with Crippen molar-refractivity contribution in [2.24, 2.45) is 7.05 Å². The van der Waals surface area contributed by atoms with Gasteiger partial charge in [0.25, 0.3) is 0 Å². The third-order valence-corrected chi connectivity index (χ3v) is 4.31. The summed E-state index contributed by atoms with van der Waals surface area (Å²) in [4.78, 5) is 4.67. The molecule has 1 aromatic heterocycles. The van der Waals surface area contributed by atoms with Crippen LogP contribution in [0.15, 0.2) is 30.6 Å². The van der Waals surface area contributed by atoms with Gasteiger partial charge in [-0.3, -0.25) is 4.90 Å². The highest BCUT2D eigenvalue weighted by Crippen LogP contribution is 2.19. The molecule has 2 aromatic rings. The van der Waals surface area contributed by atoms with Crippen molar-refractivity contribution in [1.29, 1.82) is 0 Å². The molecule has 1 saturated heterocycles. The summed E-state index contributed by atoms with van der Waals surface area (Å²) in [5.41, 5.74) is 1.15. The number of phenolic OH excluding ortho intramolecular Hbond substituents is 1. The molecular formula is C14H19N5OS. The van der Waals surface area contributed by atoms with E-state index in [1.165, 1.54) is 0 Å². The lowest BCUT2D eigenvalue weighted by Gasteiger charge is -2.35. The molecule has 0 radical (unpaired) electrons. The van der Waals surface area contributed by atoms with Crippen LogP contribution in [0.1, 0.15) is 0 Å². The minimum Gasteiger partial charge on any atom is -0.508 e. The number of aromatic hydroxyl groups is 1. The highest BCUT2D eigenvalue weighted by Gasteiger charge is 2.17. The monoisotopic (exact) mass is 305 g/mol. The van der Waals surface area contributed by atoms with E-state index >= 15 is 0 Å². The van der Waals surface area contributed by atoms with E-state index in [9.17, 15) is 5.11 Å². The summed E-state index contributed by atoms with van der Waals surface area (Å²) in [6.07, 6.45) is 1.75. The lowest BCUT2D eigenvalue weighted by Crippen LogP contribution is -2.46. The molecule has 0 aliphatic carbocycles. The van der Waals surface area contributed by atoms with Crippen molar-refractivity contribution in [1.82, 2.24) is 19.2 Å². The number of piperazine rings is 1. The number of anilines is 1. The molecule has 6 nitrogen and oxygen atoms in total. The standard InChI is InChI=1S/C14H19N5OS/c1-16-10-15-19(14(16)21)11-17-6-8-18(9-7-17)12-2-4-13(20)5-3-12/h2-5,10,20H,6-9,11H2,1H3. The Labute approximate surface area is 128 Å². The molecule has 112 valence electrons. The highest BCUT2D eigenvalue weighted by molar-refractivity contribution is 7.71. The van der Waals surface area contributed by atoms with E-state index in [-0.39, 0.29) is 0 Å². The first-order valence-corrected chi connectivity index (χ1v) is 7.39. The Kier molecular flexibility index (Phi) is 3.94. The third-order valence-electron chi connectivity index (χ3n) is 3.81. The maximum atomic E-state index is 9.34. The fourth-order valence-electron chi connectivity index (χ4n) is 2.52. The number of hydrogen-bond acceptors (Lipinski definition) is 5. The van der Waals surface area contributed by atoms with Crippen molar-refractivity contribution in [3.05, 3.63) is 35.4 Å². The van der Waals surface area contributed by atoms with Gasteiger partial charge in [-0.1, -0.05) is 0 Å². The lowest BCUT2D eigenvalue weighted by molar-refractivity contribution is 0.194. The molecule has 21 heavy (non-hydrogen) atoms. The molecule has 2 heterocycles. The third kappa shape index (κ3) is 3.08. The molecule has 1 fully saturated rings. The largest absolute Gasteiger partial charge is 0.508 e. The van der Waals surface area contributed by atoms with E-state index in [1.807, 2.05) is 28.4 Å². The second kappa shape index (κ2) is 5.87. The zero-order valence-corrected chi connectivity index (χ0v) is 12.8. The molecule has 1 aliphatic rings. The van der Waals surface area contributed by atoms with Gasteiger partial charge in [0.15, 0.2) is 4.77 Å². The van der Waals surface area contributed by atoms with Crippen molar-refractivity contribution in [2.45, 2.75) is 6.67 Å². The molecule has 1 aliphatic heterocycles. The highest BCUT2D eigenvalue weighted by atomic mass is 32.1. The summed E-state index contributed by atoms with van der Waals surface area (Å²) in [5.74, 6) is 0.307. The molecule has 0 saturated carbocycles. The summed E-state index contributed by atoms with van der Waals surface area (Å²) in [6.45, 7) is 4.61. The second-order valence-corrected chi connectivity index (χ2v) is 5.65. The molecule has 0 spiro atoms. The molecule has 0 amide bonds. The molecule has 0 atom stereocenters. The Morgan fingerprint density at radius 2 is 1.81 bits per heavy atom. The van der Waals surface area contributed by atoms with E-state index in [0.29, 0.717) is 5.75 Å². The van der Waals surface area contributed by atoms with Crippen LogP contribution in [0.2, 0.25) is 0 Å². The molecule has 1 aromatic carbocycles. The SMILES string of the molecule is Cn1cnn(CN2CCN(c3ccc(O)cc3)CC2)c1=S. The number of benzene rings is 1. The van der Waals surface area contributed by atoms with Gasteiger partial charge in [-0.05, 0) is 36.5 Å². The molecule has 3 rings (SSSR count). The van der Waals surface area contributed by atoms with E-state index in [1.54, 1.807) is 18.5 Å². The molecule has 0 bridgehead atoms. The van der Waals surface area contributed by atoms with Crippen LogP contribution in [-0.2, 0) is 13.7 Å². The van der Waals surface area contributed by atoms with Gasteiger partial charge in [0.1, 0.15) is 12.1 Å². The van der Waals surface area contributed by atoms with E-state index < -0.39 is 0 Å². The van der Waals surface area contributed by atoms with Gasteiger partial charge in [0, 0.05) is 38.9 Å². The number of hydrogen-bond donors (Lipinski definition) is 1. The van der Waals surface area contributed by atoms with Crippen LogP contribution >= 0.6 is 12.2 Å². The van der Waals surface area contributed by atoms with Crippen molar-refractivity contribution in [3.8, 4) is 5.75 Å². The summed E-state index contributed by atoms with van der Waals surface area (Å²) in [6, 6.07) is 7.38. The Morgan fingerprint density at radius 1 is 1.14 bits per heavy atom. The normalized spacial score (nSPS) is 16.3.